The fraction of sp³-hybridized carbons (Fsp3) is 0.0667. The van der Waals surface area contributed by atoms with Gasteiger partial charge in [-0.2, -0.15) is 0 Å². The van der Waals surface area contributed by atoms with Crippen LogP contribution in [0.3, 0.4) is 0 Å². The summed E-state index contributed by atoms with van der Waals surface area (Å²) in [6, 6.07) is 8.59. The fourth-order valence-electron chi connectivity index (χ4n) is 2.04. The highest BCUT2D eigenvalue weighted by Gasteiger charge is 2.13. The molecule has 0 radical (unpaired) electrons. The summed E-state index contributed by atoms with van der Waals surface area (Å²) in [6.07, 6.45) is 5.26. The molecule has 1 N–H and O–H groups in total. The maximum Gasteiger partial charge on any atom is 0.259 e. The summed E-state index contributed by atoms with van der Waals surface area (Å²) in [7, 11) is 1.56. The van der Waals surface area contributed by atoms with Crippen LogP contribution in [0.25, 0.3) is 5.65 Å². The summed E-state index contributed by atoms with van der Waals surface area (Å²) in [5.74, 6) is 0.368. The van der Waals surface area contributed by atoms with E-state index >= 15 is 0 Å². The third-order valence-electron chi connectivity index (χ3n) is 3.09. The highest BCUT2D eigenvalue weighted by molar-refractivity contribution is 6.34. The SMILES string of the molecule is COc1ccc(NC(=O)c2cccn3ccnc23)c(Cl)c1. The zero-order valence-corrected chi connectivity index (χ0v) is 12.0. The standard InChI is InChI=1S/C15H12ClN3O2/c1-21-10-4-5-13(12(16)9-10)18-15(20)11-3-2-7-19-8-6-17-14(11)19/h2-9H,1H3,(H,18,20). The molecule has 3 rings (SSSR count). The van der Waals surface area contributed by atoms with Crippen molar-refractivity contribution in [3.63, 3.8) is 0 Å². The Morgan fingerprint density at radius 2 is 2.19 bits per heavy atom. The molecule has 0 bridgehead atoms. The average Bonchev–Trinajstić information content (AvgIpc) is 2.97. The summed E-state index contributed by atoms with van der Waals surface area (Å²) in [4.78, 5) is 16.6. The third kappa shape index (κ3) is 2.55. The van der Waals surface area contributed by atoms with Crippen LogP contribution >= 0.6 is 11.6 Å². The number of ether oxygens (including phenoxy) is 1. The summed E-state index contributed by atoms with van der Waals surface area (Å²) in [6.45, 7) is 0. The number of pyridine rings is 1. The Hall–Kier alpha value is -2.53. The van der Waals surface area contributed by atoms with E-state index in [1.54, 1.807) is 54.2 Å². The van der Waals surface area contributed by atoms with Crippen LogP contribution in [0, 0.1) is 0 Å². The van der Waals surface area contributed by atoms with Crippen LogP contribution in [0.4, 0.5) is 5.69 Å². The van der Waals surface area contributed by atoms with Crippen LogP contribution in [0.15, 0.2) is 48.9 Å². The largest absolute Gasteiger partial charge is 0.497 e. The van der Waals surface area contributed by atoms with Gasteiger partial charge in [-0.1, -0.05) is 11.6 Å². The van der Waals surface area contributed by atoms with Crippen LogP contribution in [0.1, 0.15) is 10.4 Å². The van der Waals surface area contributed by atoms with E-state index in [1.807, 2.05) is 6.20 Å². The van der Waals surface area contributed by atoms with Gasteiger partial charge in [-0.15, -0.1) is 0 Å². The number of methoxy groups -OCH3 is 1. The van der Waals surface area contributed by atoms with Gasteiger partial charge in [0.1, 0.15) is 11.4 Å². The van der Waals surface area contributed by atoms with E-state index in [1.165, 1.54) is 0 Å². The van der Waals surface area contributed by atoms with Crippen LogP contribution in [-0.4, -0.2) is 22.4 Å². The number of imidazole rings is 1. The summed E-state index contributed by atoms with van der Waals surface area (Å²) in [5, 5.41) is 3.19. The lowest BCUT2D eigenvalue weighted by atomic mass is 10.2. The van der Waals surface area contributed by atoms with Crippen molar-refractivity contribution < 1.29 is 9.53 Å². The summed E-state index contributed by atoms with van der Waals surface area (Å²) < 4.78 is 6.86. The third-order valence-corrected chi connectivity index (χ3v) is 3.40. The Labute approximate surface area is 126 Å². The average molecular weight is 302 g/mol. The van der Waals surface area contributed by atoms with Gasteiger partial charge < -0.3 is 14.5 Å². The Bertz CT molecular complexity index is 814. The lowest BCUT2D eigenvalue weighted by Gasteiger charge is -2.09. The minimum atomic E-state index is -0.265. The number of hydrogen-bond acceptors (Lipinski definition) is 3. The highest BCUT2D eigenvalue weighted by atomic mass is 35.5. The predicted octanol–water partition coefficient (Wildman–Crippen LogP) is 3.25. The van der Waals surface area contributed by atoms with Gasteiger partial charge in [-0.25, -0.2) is 4.98 Å². The predicted molar refractivity (Wildman–Crippen MR) is 81.1 cm³/mol. The molecule has 0 spiro atoms. The molecule has 2 heterocycles. The first-order valence-electron chi connectivity index (χ1n) is 6.25. The molecule has 0 aliphatic carbocycles. The number of halogens is 1. The molecular weight excluding hydrogens is 290 g/mol. The second kappa shape index (κ2) is 5.46. The molecule has 6 heteroatoms. The molecule has 0 saturated carbocycles. The van der Waals surface area contributed by atoms with Gasteiger partial charge >= 0.3 is 0 Å². The molecule has 0 atom stereocenters. The fourth-order valence-corrected chi connectivity index (χ4v) is 2.26. The highest BCUT2D eigenvalue weighted by Crippen LogP contribution is 2.27. The molecule has 0 aliphatic heterocycles. The van der Waals surface area contributed by atoms with Crippen molar-refractivity contribution in [2.45, 2.75) is 0 Å². The number of hydrogen-bond donors (Lipinski definition) is 1. The first kappa shape index (κ1) is 13.5. The topological polar surface area (TPSA) is 55.6 Å². The molecule has 1 amide bonds. The Morgan fingerprint density at radius 3 is 2.95 bits per heavy atom. The number of benzene rings is 1. The van der Waals surface area contributed by atoms with Crippen LogP contribution < -0.4 is 10.1 Å². The summed E-state index contributed by atoms with van der Waals surface area (Å²) in [5.41, 5.74) is 1.60. The number of carbonyl (C=O) groups excluding carboxylic acids is 1. The number of fused-ring (bicyclic) bond motifs is 1. The van der Waals surface area contributed by atoms with Crippen LogP contribution in [-0.2, 0) is 0 Å². The second-order valence-electron chi connectivity index (χ2n) is 4.38. The lowest BCUT2D eigenvalue weighted by molar-refractivity contribution is 0.102. The summed E-state index contributed by atoms with van der Waals surface area (Å²) >= 11 is 6.12. The quantitative estimate of drug-likeness (QED) is 0.808. The molecule has 0 aliphatic rings. The van der Waals surface area contributed by atoms with Gasteiger partial charge in [-0.3, -0.25) is 4.79 Å². The van der Waals surface area contributed by atoms with Gasteiger partial charge in [0.05, 0.1) is 23.4 Å². The number of carbonyl (C=O) groups is 1. The van der Waals surface area contributed by atoms with Crippen molar-refractivity contribution in [1.82, 2.24) is 9.38 Å². The first-order chi connectivity index (χ1) is 10.2. The van der Waals surface area contributed by atoms with E-state index in [9.17, 15) is 4.79 Å². The molecule has 21 heavy (non-hydrogen) atoms. The molecule has 0 fully saturated rings. The molecule has 0 saturated heterocycles. The molecule has 5 nitrogen and oxygen atoms in total. The Morgan fingerprint density at radius 1 is 1.33 bits per heavy atom. The zero-order chi connectivity index (χ0) is 14.8. The zero-order valence-electron chi connectivity index (χ0n) is 11.2. The Balaban J connectivity index is 1.91. The number of rotatable bonds is 3. The van der Waals surface area contributed by atoms with Crippen molar-refractivity contribution in [3.05, 3.63) is 59.5 Å². The molecular formula is C15H12ClN3O2. The van der Waals surface area contributed by atoms with E-state index in [4.69, 9.17) is 16.3 Å². The van der Waals surface area contributed by atoms with Crippen LogP contribution in [0.2, 0.25) is 5.02 Å². The maximum atomic E-state index is 12.4. The van der Waals surface area contributed by atoms with E-state index in [0.29, 0.717) is 27.7 Å². The van der Waals surface area contributed by atoms with Crippen molar-refractivity contribution in [2.75, 3.05) is 12.4 Å². The van der Waals surface area contributed by atoms with Gasteiger partial charge in [0.25, 0.3) is 5.91 Å². The molecule has 0 unspecified atom stereocenters. The number of anilines is 1. The first-order valence-corrected chi connectivity index (χ1v) is 6.63. The van der Waals surface area contributed by atoms with Crippen molar-refractivity contribution in [1.29, 1.82) is 0 Å². The lowest BCUT2D eigenvalue weighted by Crippen LogP contribution is -2.13. The van der Waals surface area contributed by atoms with Crippen molar-refractivity contribution in [3.8, 4) is 5.75 Å². The monoisotopic (exact) mass is 301 g/mol. The minimum Gasteiger partial charge on any atom is -0.497 e. The normalized spacial score (nSPS) is 10.6. The second-order valence-corrected chi connectivity index (χ2v) is 4.79. The number of amides is 1. The number of aromatic nitrogens is 2. The van der Waals surface area contributed by atoms with Crippen molar-refractivity contribution in [2.24, 2.45) is 0 Å². The van der Waals surface area contributed by atoms with E-state index in [2.05, 4.69) is 10.3 Å². The maximum absolute atomic E-state index is 12.4. The van der Waals surface area contributed by atoms with Crippen LogP contribution in [0.5, 0.6) is 5.75 Å². The smallest absolute Gasteiger partial charge is 0.259 e. The van der Waals surface area contributed by atoms with Gasteiger partial charge in [-0.05, 0) is 24.3 Å². The van der Waals surface area contributed by atoms with Crippen molar-refractivity contribution >= 4 is 28.8 Å². The number of nitrogens with zero attached hydrogens (tertiary/aromatic N) is 2. The number of nitrogens with one attached hydrogen (secondary N) is 1. The van der Waals surface area contributed by atoms with E-state index in [-0.39, 0.29) is 5.91 Å². The van der Waals surface area contributed by atoms with E-state index in [0.717, 1.165) is 0 Å². The van der Waals surface area contributed by atoms with E-state index < -0.39 is 0 Å². The molecule has 106 valence electrons. The Kier molecular flexibility index (Phi) is 3.50. The molecule has 1 aromatic carbocycles. The molecule has 3 aromatic rings. The van der Waals surface area contributed by atoms with Gasteiger partial charge in [0.2, 0.25) is 0 Å². The molecule has 2 aromatic heterocycles. The van der Waals surface area contributed by atoms with Gasteiger partial charge in [0, 0.05) is 24.7 Å². The minimum absolute atomic E-state index is 0.265. The van der Waals surface area contributed by atoms with Gasteiger partial charge in [0.15, 0.2) is 0 Å².